The van der Waals surface area contributed by atoms with Gasteiger partial charge in [-0.3, -0.25) is 9.59 Å². The second-order valence-corrected chi connectivity index (χ2v) is 8.28. The van der Waals surface area contributed by atoms with Crippen LogP contribution in [0.25, 0.3) is 10.9 Å². The molecule has 0 aliphatic rings. The van der Waals surface area contributed by atoms with Gasteiger partial charge in [-0.05, 0) is 35.7 Å². The first-order chi connectivity index (χ1) is 17.0. The molecule has 0 saturated carbocycles. The topological polar surface area (TPSA) is 84.1 Å². The second kappa shape index (κ2) is 12.8. The van der Waals surface area contributed by atoms with E-state index in [1.165, 1.54) is 0 Å². The molecule has 0 spiro atoms. The van der Waals surface area contributed by atoms with Crippen LogP contribution in [0.4, 0.5) is 0 Å². The highest BCUT2D eigenvalue weighted by molar-refractivity contribution is 5.85. The molecule has 0 radical (unpaired) electrons. The van der Waals surface area contributed by atoms with Gasteiger partial charge in [-0.1, -0.05) is 31.2 Å². The van der Waals surface area contributed by atoms with Crippen molar-refractivity contribution in [2.24, 2.45) is 0 Å². The average Bonchev–Trinajstić information content (AvgIpc) is 3.31. The predicted molar refractivity (Wildman–Crippen MR) is 136 cm³/mol. The van der Waals surface area contributed by atoms with E-state index in [4.69, 9.17) is 14.2 Å². The van der Waals surface area contributed by atoms with Crippen molar-refractivity contribution in [3.63, 3.8) is 0 Å². The molecule has 0 unspecified atom stereocenters. The van der Waals surface area contributed by atoms with E-state index < -0.39 is 0 Å². The van der Waals surface area contributed by atoms with E-state index in [1.807, 2.05) is 42.6 Å². The van der Waals surface area contributed by atoms with E-state index in [2.05, 4.69) is 11.1 Å². The molecule has 0 aliphatic carbocycles. The molecule has 0 saturated heterocycles. The van der Waals surface area contributed by atoms with Crippen molar-refractivity contribution in [2.45, 2.75) is 26.3 Å². The van der Waals surface area contributed by atoms with Crippen LogP contribution in [-0.4, -0.2) is 74.2 Å². The van der Waals surface area contributed by atoms with Gasteiger partial charge >= 0.3 is 0 Å². The molecule has 1 aromatic heterocycles. The molecule has 3 rings (SSSR count). The van der Waals surface area contributed by atoms with Crippen LogP contribution in [-0.2, 0) is 27.3 Å². The molecule has 188 valence electrons. The van der Waals surface area contributed by atoms with Gasteiger partial charge in [0.2, 0.25) is 11.8 Å². The lowest BCUT2D eigenvalue weighted by molar-refractivity contribution is -0.141. The Labute approximate surface area is 206 Å². The van der Waals surface area contributed by atoms with Gasteiger partial charge in [0, 0.05) is 50.3 Å². The number of carbonyl (C=O) groups is 2. The Kier molecular flexibility index (Phi) is 9.55. The number of hydrogen-bond donors (Lipinski definition) is 1. The average molecular weight is 482 g/mol. The first-order valence-electron chi connectivity index (χ1n) is 11.8. The van der Waals surface area contributed by atoms with Gasteiger partial charge in [0.1, 0.15) is 0 Å². The predicted octanol–water partition coefficient (Wildman–Crippen LogP) is 3.64. The number of aromatic nitrogens is 1. The number of amides is 2. The molecule has 2 aromatic carbocycles. The van der Waals surface area contributed by atoms with E-state index in [1.54, 1.807) is 38.1 Å². The highest BCUT2D eigenvalue weighted by Crippen LogP contribution is 2.28. The molecule has 0 bridgehead atoms. The van der Waals surface area contributed by atoms with Crippen LogP contribution in [0.2, 0.25) is 0 Å². The summed E-state index contributed by atoms with van der Waals surface area (Å²) in [6.07, 6.45) is 3.01. The van der Waals surface area contributed by atoms with Crippen LogP contribution >= 0.6 is 0 Å². The molecule has 8 nitrogen and oxygen atoms in total. The van der Waals surface area contributed by atoms with Gasteiger partial charge in [0.25, 0.3) is 0 Å². The molecule has 0 atom stereocenters. The molecule has 8 heteroatoms. The minimum absolute atomic E-state index is 0.0111. The van der Waals surface area contributed by atoms with E-state index >= 15 is 0 Å². The summed E-state index contributed by atoms with van der Waals surface area (Å²) >= 11 is 0. The summed E-state index contributed by atoms with van der Waals surface area (Å²) in [7, 11) is 4.76. The van der Waals surface area contributed by atoms with Crippen molar-refractivity contribution in [3.8, 4) is 11.5 Å². The zero-order valence-corrected chi connectivity index (χ0v) is 21.0. The molecule has 1 N–H and O–H groups in total. The molecule has 0 fully saturated rings. The Morgan fingerprint density at radius 1 is 0.914 bits per heavy atom. The van der Waals surface area contributed by atoms with E-state index in [9.17, 15) is 9.59 Å². The Morgan fingerprint density at radius 3 is 2.40 bits per heavy atom. The number of methoxy groups -OCH3 is 3. The van der Waals surface area contributed by atoms with Crippen molar-refractivity contribution in [1.82, 2.24) is 14.8 Å². The smallest absolute Gasteiger partial charge is 0.242 e. The summed E-state index contributed by atoms with van der Waals surface area (Å²) in [5.41, 5.74) is 3.13. The van der Waals surface area contributed by atoms with Gasteiger partial charge in [0.05, 0.1) is 27.4 Å². The number of nitrogens with one attached hydrogen (secondary N) is 1. The molecule has 3 aromatic rings. The van der Waals surface area contributed by atoms with Crippen molar-refractivity contribution in [2.75, 3.05) is 47.6 Å². The van der Waals surface area contributed by atoms with E-state index in [0.717, 1.165) is 22.0 Å². The number of aromatic amines is 1. The van der Waals surface area contributed by atoms with Gasteiger partial charge in [-0.2, -0.15) is 0 Å². The van der Waals surface area contributed by atoms with Crippen LogP contribution in [0.1, 0.15) is 24.5 Å². The van der Waals surface area contributed by atoms with Gasteiger partial charge in [0.15, 0.2) is 11.5 Å². The largest absolute Gasteiger partial charge is 0.493 e. The van der Waals surface area contributed by atoms with Crippen LogP contribution in [0.3, 0.4) is 0 Å². The maximum absolute atomic E-state index is 13.5. The highest BCUT2D eigenvalue weighted by Gasteiger charge is 2.21. The summed E-state index contributed by atoms with van der Waals surface area (Å²) < 4.78 is 15.9. The molecular weight excluding hydrogens is 446 g/mol. The molecule has 1 heterocycles. The van der Waals surface area contributed by atoms with Crippen LogP contribution in [0.5, 0.6) is 11.5 Å². The number of para-hydroxylation sites is 1. The molecular formula is C27H35N3O5. The normalized spacial score (nSPS) is 10.9. The lowest BCUT2D eigenvalue weighted by atomic mass is 10.1. The van der Waals surface area contributed by atoms with Crippen molar-refractivity contribution >= 4 is 22.7 Å². The number of hydrogen-bond acceptors (Lipinski definition) is 5. The summed E-state index contributed by atoms with van der Waals surface area (Å²) in [6, 6.07) is 13.8. The molecule has 35 heavy (non-hydrogen) atoms. The minimum Gasteiger partial charge on any atom is -0.493 e. The number of rotatable bonds is 13. The Hall–Kier alpha value is -3.52. The fraction of sp³-hybridized carbons (Fsp3) is 0.407. The first kappa shape index (κ1) is 26.1. The second-order valence-electron chi connectivity index (χ2n) is 8.28. The molecule has 0 aliphatic heterocycles. The summed E-state index contributed by atoms with van der Waals surface area (Å²) in [5, 5.41) is 1.15. The molecule has 2 amide bonds. The zero-order chi connectivity index (χ0) is 25.2. The van der Waals surface area contributed by atoms with Crippen molar-refractivity contribution in [3.05, 3.63) is 59.8 Å². The lowest BCUT2D eigenvalue weighted by Crippen LogP contribution is -2.44. The minimum atomic E-state index is -0.113. The highest BCUT2D eigenvalue weighted by atomic mass is 16.5. The summed E-state index contributed by atoms with van der Waals surface area (Å²) in [4.78, 5) is 32.6. The third-order valence-corrected chi connectivity index (χ3v) is 6.05. The fourth-order valence-corrected chi connectivity index (χ4v) is 4.07. The zero-order valence-electron chi connectivity index (χ0n) is 21.0. The van der Waals surface area contributed by atoms with Crippen LogP contribution in [0.15, 0.2) is 48.7 Å². The van der Waals surface area contributed by atoms with Crippen molar-refractivity contribution < 1.29 is 23.8 Å². The maximum Gasteiger partial charge on any atom is 0.242 e. The first-order valence-corrected chi connectivity index (χ1v) is 11.8. The van der Waals surface area contributed by atoms with Crippen LogP contribution in [0, 0.1) is 0 Å². The third kappa shape index (κ3) is 6.76. The Bertz CT molecular complexity index is 1130. The number of fused-ring (bicyclic) bond motifs is 1. The third-order valence-electron chi connectivity index (χ3n) is 6.05. The number of ether oxygens (including phenoxy) is 3. The summed E-state index contributed by atoms with van der Waals surface area (Å²) in [5.74, 6) is 1.06. The number of nitrogens with zero attached hydrogens (tertiary/aromatic N) is 2. The number of benzene rings is 2. The standard InChI is InChI=1S/C27H35N3O5/c1-5-26(31)30(14-15-33-2)19-27(32)29(18-20-10-11-24(34-3)25(16-20)35-4)13-12-21-17-28-23-9-7-6-8-22(21)23/h6-11,16-17,28H,5,12-15,18-19H2,1-4H3. The monoisotopic (exact) mass is 481 g/mol. The van der Waals surface area contributed by atoms with Crippen LogP contribution < -0.4 is 9.47 Å². The van der Waals surface area contributed by atoms with E-state index in [0.29, 0.717) is 50.6 Å². The fourth-order valence-electron chi connectivity index (χ4n) is 4.07. The number of carbonyl (C=O) groups excluding carboxylic acids is 2. The maximum atomic E-state index is 13.5. The quantitative estimate of drug-likeness (QED) is 0.403. The van der Waals surface area contributed by atoms with Crippen molar-refractivity contribution in [1.29, 1.82) is 0 Å². The summed E-state index contributed by atoms with van der Waals surface area (Å²) in [6.45, 7) is 3.46. The van der Waals surface area contributed by atoms with Gasteiger partial charge < -0.3 is 29.0 Å². The number of H-pyrrole nitrogens is 1. The Morgan fingerprint density at radius 2 is 1.69 bits per heavy atom. The van der Waals surface area contributed by atoms with Gasteiger partial charge in [-0.25, -0.2) is 0 Å². The van der Waals surface area contributed by atoms with E-state index in [-0.39, 0.29) is 18.4 Å². The SMILES string of the molecule is CCC(=O)N(CCOC)CC(=O)N(CCc1c[nH]c2ccccc12)Cc1ccc(OC)c(OC)c1. The lowest BCUT2D eigenvalue weighted by Gasteiger charge is -2.28. The van der Waals surface area contributed by atoms with Gasteiger partial charge in [-0.15, -0.1) is 0 Å². The Balaban J connectivity index is 1.82.